The minimum absolute atomic E-state index is 0.0132. The van der Waals surface area contributed by atoms with Gasteiger partial charge in [0.25, 0.3) is 0 Å². The highest BCUT2D eigenvalue weighted by atomic mass is 32.2. The number of hydrogen-bond acceptors (Lipinski definition) is 4. The Balaban J connectivity index is 1.68. The van der Waals surface area contributed by atoms with Gasteiger partial charge in [0.1, 0.15) is 6.04 Å². The molecule has 0 N–H and O–H groups in total. The molecule has 1 aromatic carbocycles. The van der Waals surface area contributed by atoms with Gasteiger partial charge in [-0.3, -0.25) is 9.59 Å². The molecule has 4 nitrogen and oxygen atoms in total. The number of carbonyl (C=O) groups is 2. The van der Waals surface area contributed by atoms with Gasteiger partial charge in [-0.15, -0.1) is 23.1 Å². The molecule has 0 bridgehead atoms. The highest BCUT2D eigenvalue weighted by Gasteiger charge is 2.35. The van der Waals surface area contributed by atoms with Crippen molar-refractivity contribution in [2.75, 3.05) is 18.7 Å². The maximum atomic E-state index is 12.7. The molecule has 2 heterocycles. The van der Waals surface area contributed by atoms with Crippen LogP contribution >= 0.6 is 23.1 Å². The van der Waals surface area contributed by atoms with Gasteiger partial charge >= 0.3 is 0 Å². The van der Waals surface area contributed by atoms with Crippen LogP contribution in [0.2, 0.25) is 0 Å². The van der Waals surface area contributed by atoms with Crippen LogP contribution in [0.3, 0.4) is 0 Å². The van der Waals surface area contributed by atoms with Crippen LogP contribution in [0.1, 0.15) is 18.7 Å². The molecule has 1 unspecified atom stereocenters. The highest BCUT2D eigenvalue weighted by Crippen LogP contribution is 2.29. The third-order valence-electron chi connectivity index (χ3n) is 4.65. The Kier molecular flexibility index (Phi) is 6.39. The SMILES string of the molecule is CC(C)N(C)C(=O)C1CSCN1C(=O)/C=C/c1ccc(-c2ccccc2)s1. The predicted molar refractivity (Wildman–Crippen MR) is 115 cm³/mol. The molecule has 142 valence electrons. The second-order valence-electron chi connectivity index (χ2n) is 6.77. The molecule has 1 fully saturated rings. The summed E-state index contributed by atoms with van der Waals surface area (Å²) < 4.78 is 0. The molecule has 0 saturated carbocycles. The molecule has 3 rings (SSSR count). The van der Waals surface area contributed by atoms with E-state index in [2.05, 4.69) is 18.2 Å². The summed E-state index contributed by atoms with van der Waals surface area (Å²) in [6.07, 6.45) is 3.43. The number of likely N-dealkylation sites (N-methyl/N-ethyl adjacent to an activating group) is 1. The van der Waals surface area contributed by atoms with E-state index >= 15 is 0 Å². The Labute approximate surface area is 168 Å². The van der Waals surface area contributed by atoms with Gasteiger partial charge in [0, 0.05) is 34.7 Å². The first kappa shape index (κ1) is 19.7. The molecule has 0 aliphatic carbocycles. The molecule has 2 aromatic rings. The Morgan fingerprint density at radius 2 is 1.93 bits per heavy atom. The summed E-state index contributed by atoms with van der Waals surface area (Å²) in [5, 5.41) is 0. The fourth-order valence-electron chi connectivity index (χ4n) is 2.80. The van der Waals surface area contributed by atoms with Crippen LogP contribution in [0.15, 0.2) is 48.5 Å². The summed E-state index contributed by atoms with van der Waals surface area (Å²) in [5.41, 5.74) is 1.17. The lowest BCUT2D eigenvalue weighted by molar-refractivity contribution is -0.141. The normalized spacial score (nSPS) is 17.0. The Bertz CT molecular complexity index is 830. The summed E-state index contributed by atoms with van der Waals surface area (Å²) in [4.78, 5) is 30.9. The zero-order valence-corrected chi connectivity index (χ0v) is 17.4. The molecule has 6 heteroatoms. The van der Waals surface area contributed by atoms with Crippen molar-refractivity contribution in [1.29, 1.82) is 0 Å². The maximum absolute atomic E-state index is 12.7. The number of carbonyl (C=O) groups excluding carboxylic acids is 2. The van der Waals surface area contributed by atoms with Gasteiger partial charge in [0.05, 0.1) is 5.88 Å². The molecule has 27 heavy (non-hydrogen) atoms. The summed E-state index contributed by atoms with van der Waals surface area (Å²) in [6.45, 7) is 3.96. The Morgan fingerprint density at radius 3 is 2.63 bits per heavy atom. The van der Waals surface area contributed by atoms with Crippen LogP contribution in [0.25, 0.3) is 16.5 Å². The molecule has 1 atom stereocenters. The van der Waals surface area contributed by atoms with Gasteiger partial charge in [0.15, 0.2) is 0 Å². The first-order valence-corrected chi connectivity index (χ1v) is 10.9. The molecule has 1 aliphatic rings. The average molecular weight is 401 g/mol. The lowest BCUT2D eigenvalue weighted by atomic mass is 10.2. The van der Waals surface area contributed by atoms with Crippen molar-refractivity contribution in [3.8, 4) is 10.4 Å². The lowest BCUT2D eigenvalue weighted by Crippen LogP contribution is -2.49. The van der Waals surface area contributed by atoms with Crippen LogP contribution in [-0.2, 0) is 9.59 Å². The molecular formula is C21H24N2O2S2. The summed E-state index contributed by atoms with van der Waals surface area (Å²) in [5.74, 6) is 1.13. The van der Waals surface area contributed by atoms with Crippen LogP contribution in [-0.4, -0.2) is 52.4 Å². The molecular weight excluding hydrogens is 376 g/mol. The van der Waals surface area contributed by atoms with Gasteiger partial charge in [-0.1, -0.05) is 30.3 Å². The second kappa shape index (κ2) is 8.76. The Morgan fingerprint density at radius 1 is 1.19 bits per heavy atom. The quantitative estimate of drug-likeness (QED) is 0.707. The van der Waals surface area contributed by atoms with Crippen molar-refractivity contribution in [2.24, 2.45) is 0 Å². The maximum Gasteiger partial charge on any atom is 0.247 e. The number of thiophene rings is 1. The number of amides is 2. The van der Waals surface area contributed by atoms with E-state index in [1.54, 1.807) is 46.0 Å². The molecule has 1 aliphatic heterocycles. The minimum Gasteiger partial charge on any atom is -0.342 e. The van der Waals surface area contributed by atoms with Gasteiger partial charge in [-0.25, -0.2) is 0 Å². The van der Waals surface area contributed by atoms with Gasteiger partial charge in [-0.2, -0.15) is 0 Å². The van der Waals surface area contributed by atoms with Gasteiger partial charge in [-0.05, 0) is 37.6 Å². The highest BCUT2D eigenvalue weighted by molar-refractivity contribution is 7.99. The number of hydrogen-bond donors (Lipinski definition) is 0. The largest absolute Gasteiger partial charge is 0.342 e. The third kappa shape index (κ3) is 4.62. The lowest BCUT2D eigenvalue weighted by Gasteiger charge is -2.29. The van der Waals surface area contributed by atoms with Gasteiger partial charge in [0.2, 0.25) is 11.8 Å². The summed E-state index contributed by atoms with van der Waals surface area (Å²) in [6, 6.07) is 14.0. The van der Waals surface area contributed by atoms with Crippen molar-refractivity contribution >= 4 is 41.0 Å². The standard InChI is InChI=1S/C21H24N2O2S2/c1-15(2)22(3)21(25)18-13-26-14-23(18)20(24)12-10-17-9-11-19(27-17)16-7-5-4-6-8-16/h4-12,15,18H,13-14H2,1-3H3/b12-10+. The van der Waals surface area contributed by atoms with Crippen molar-refractivity contribution in [3.63, 3.8) is 0 Å². The van der Waals surface area contributed by atoms with Crippen molar-refractivity contribution in [3.05, 3.63) is 53.4 Å². The van der Waals surface area contributed by atoms with E-state index in [1.807, 2.05) is 44.2 Å². The van der Waals surface area contributed by atoms with E-state index in [4.69, 9.17) is 0 Å². The molecule has 1 saturated heterocycles. The zero-order valence-electron chi connectivity index (χ0n) is 15.8. The smallest absolute Gasteiger partial charge is 0.247 e. The summed E-state index contributed by atoms with van der Waals surface area (Å²) >= 11 is 3.27. The predicted octanol–water partition coefficient (Wildman–Crippen LogP) is 4.20. The summed E-state index contributed by atoms with van der Waals surface area (Å²) in [7, 11) is 1.80. The topological polar surface area (TPSA) is 40.6 Å². The van der Waals surface area contributed by atoms with Gasteiger partial charge < -0.3 is 9.80 Å². The third-order valence-corrected chi connectivity index (χ3v) is 6.76. The number of thioether (sulfide) groups is 1. The van der Waals surface area contributed by atoms with Crippen LogP contribution in [0, 0.1) is 0 Å². The van der Waals surface area contributed by atoms with Crippen LogP contribution in [0.4, 0.5) is 0 Å². The van der Waals surface area contributed by atoms with E-state index in [0.717, 1.165) is 4.88 Å². The second-order valence-corrected chi connectivity index (χ2v) is 8.88. The molecule has 0 spiro atoms. The van der Waals surface area contributed by atoms with E-state index in [9.17, 15) is 9.59 Å². The first-order chi connectivity index (χ1) is 13.0. The fraction of sp³-hybridized carbons (Fsp3) is 0.333. The number of benzene rings is 1. The molecule has 1 aromatic heterocycles. The average Bonchev–Trinajstić information content (AvgIpc) is 3.35. The van der Waals surface area contributed by atoms with Crippen molar-refractivity contribution in [2.45, 2.75) is 25.9 Å². The van der Waals surface area contributed by atoms with Crippen molar-refractivity contribution in [1.82, 2.24) is 9.80 Å². The monoisotopic (exact) mass is 400 g/mol. The molecule has 2 amide bonds. The van der Waals surface area contributed by atoms with Crippen LogP contribution in [0.5, 0.6) is 0 Å². The van der Waals surface area contributed by atoms with Crippen molar-refractivity contribution < 1.29 is 9.59 Å². The van der Waals surface area contributed by atoms with E-state index in [0.29, 0.717) is 11.6 Å². The van der Waals surface area contributed by atoms with E-state index in [-0.39, 0.29) is 23.9 Å². The zero-order chi connectivity index (χ0) is 19.4. The van der Waals surface area contributed by atoms with E-state index in [1.165, 1.54) is 10.4 Å². The first-order valence-electron chi connectivity index (χ1n) is 8.95. The van der Waals surface area contributed by atoms with E-state index < -0.39 is 0 Å². The fourth-order valence-corrected chi connectivity index (χ4v) is 4.87. The Hall–Kier alpha value is -2.05. The minimum atomic E-state index is -0.372. The molecule has 0 radical (unpaired) electrons. The number of rotatable bonds is 5. The van der Waals surface area contributed by atoms with Crippen LogP contribution < -0.4 is 0 Å². The number of nitrogens with zero attached hydrogens (tertiary/aromatic N) is 2.